The van der Waals surface area contributed by atoms with E-state index in [4.69, 9.17) is 24.1 Å². The lowest BCUT2D eigenvalue weighted by Crippen LogP contribution is -2.61. The number of hydrogen-bond acceptors (Lipinski definition) is 13. The zero-order chi connectivity index (χ0) is 29.2. The average molecular weight is 557 g/mol. The Morgan fingerprint density at radius 2 is 1.79 bits per heavy atom. The smallest absolute Gasteiger partial charge is 0.309 e. The Morgan fingerprint density at radius 1 is 1.13 bits per heavy atom. The number of Topliss-reactive ketones (excluding diaryl/α,β-unsaturated/α-hetero) is 1. The molecule has 0 unspecified atom stereocenters. The average Bonchev–Trinajstić information content (AvgIpc) is 3.20. The number of carbonyl (C=O) groups excluding carboxylic acids is 2. The Morgan fingerprint density at radius 3 is 2.36 bits per heavy atom. The second-order valence-electron chi connectivity index (χ2n) is 9.75. The molecule has 2 aliphatic rings. The molecule has 1 saturated heterocycles. The van der Waals surface area contributed by atoms with Crippen molar-refractivity contribution in [3.63, 3.8) is 0 Å². The SMILES string of the molecule is C=C(CO)[C@H]1Oc2ccc(C(C)=O)c(O)c2[C@@H]1O[C@H]1O[C@H](CO)[C@@H](O)[C@H](OC(=O)C[C@](C)(O)CC(=O)O)[C@H]1O. The largest absolute Gasteiger partial charge is 0.507 e. The minimum Gasteiger partial charge on any atom is -0.507 e. The molecule has 3 rings (SSSR count). The van der Waals surface area contributed by atoms with E-state index in [1.807, 2.05) is 0 Å². The molecular weight excluding hydrogens is 524 g/mol. The van der Waals surface area contributed by atoms with Crippen molar-refractivity contribution in [2.24, 2.45) is 0 Å². The lowest BCUT2D eigenvalue weighted by molar-refractivity contribution is -0.316. The van der Waals surface area contributed by atoms with Crippen molar-refractivity contribution in [3.8, 4) is 11.5 Å². The summed E-state index contributed by atoms with van der Waals surface area (Å²) in [6.45, 7) is 4.68. The van der Waals surface area contributed by atoms with Gasteiger partial charge in [0.15, 0.2) is 24.3 Å². The van der Waals surface area contributed by atoms with Gasteiger partial charge in [-0.05, 0) is 31.6 Å². The third kappa shape index (κ3) is 6.55. The molecule has 216 valence electrons. The Hall–Kier alpha value is -3.11. The van der Waals surface area contributed by atoms with Gasteiger partial charge >= 0.3 is 11.9 Å². The highest BCUT2D eigenvalue weighted by atomic mass is 16.7. The predicted molar refractivity (Wildman–Crippen MR) is 128 cm³/mol. The highest BCUT2D eigenvalue weighted by Crippen LogP contribution is 2.48. The quantitative estimate of drug-likeness (QED) is 0.0978. The molecule has 14 heteroatoms. The van der Waals surface area contributed by atoms with Gasteiger partial charge in [0.25, 0.3) is 0 Å². The summed E-state index contributed by atoms with van der Waals surface area (Å²) in [6.07, 6.45) is -12.6. The topological polar surface area (TPSA) is 230 Å². The van der Waals surface area contributed by atoms with Crippen molar-refractivity contribution in [3.05, 3.63) is 35.4 Å². The standard InChI is InChI=1S/C25H32O14/c1-10(8-26)21-22(17-13(36-21)5-4-12(11(2)28)18(17)32)39-24-20(34)23(19(33)14(9-27)37-24)38-16(31)7-25(3,35)6-15(29)30/h4-5,14,19-24,26-27,32-35H,1,6-9H2,2-3H3,(H,29,30)/t14-,19-,20-,21-,22+,23+,24-,25-/m1/s1. The number of carbonyl (C=O) groups is 3. The van der Waals surface area contributed by atoms with Crippen LogP contribution in [0.2, 0.25) is 0 Å². The van der Waals surface area contributed by atoms with Crippen LogP contribution in [-0.4, -0.2) is 109 Å². The van der Waals surface area contributed by atoms with E-state index in [-0.39, 0.29) is 22.4 Å². The van der Waals surface area contributed by atoms with E-state index in [9.17, 15) is 45.0 Å². The van der Waals surface area contributed by atoms with Gasteiger partial charge in [0.05, 0.1) is 42.8 Å². The number of hydrogen-bond donors (Lipinski definition) is 7. The summed E-state index contributed by atoms with van der Waals surface area (Å²) in [5.41, 5.74) is -1.96. The van der Waals surface area contributed by atoms with Crippen LogP contribution in [0.25, 0.3) is 0 Å². The number of ether oxygens (including phenoxy) is 4. The van der Waals surface area contributed by atoms with Crippen LogP contribution in [0.4, 0.5) is 0 Å². The van der Waals surface area contributed by atoms with Crippen molar-refractivity contribution in [1.29, 1.82) is 0 Å². The van der Waals surface area contributed by atoms with E-state index >= 15 is 0 Å². The molecule has 8 atom stereocenters. The van der Waals surface area contributed by atoms with Crippen LogP contribution in [-0.2, 0) is 23.8 Å². The molecule has 14 nitrogen and oxygen atoms in total. The molecule has 2 heterocycles. The van der Waals surface area contributed by atoms with E-state index in [0.29, 0.717) is 0 Å². The Kier molecular flexibility index (Phi) is 9.33. The van der Waals surface area contributed by atoms with Gasteiger partial charge in [-0.25, -0.2) is 0 Å². The summed E-state index contributed by atoms with van der Waals surface area (Å²) in [7, 11) is 0. The van der Waals surface area contributed by atoms with Gasteiger partial charge in [-0.2, -0.15) is 0 Å². The van der Waals surface area contributed by atoms with Crippen molar-refractivity contribution in [1.82, 2.24) is 0 Å². The number of rotatable bonds is 11. The molecule has 0 bridgehead atoms. The maximum absolute atomic E-state index is 12.5. The number of carboxylic acids is 1. The van der Waals surface area contributed by atoms with E-state index in [1.54, 1.807) is 0 Å². The van der Waals surface area contributed by atoms with Crippen LogP contribution in [0.15, 0.2) is 24.3 Å². The van der Waals surface area contributed by atoms with Crippen molar-refractivity contribution >= 4 is 17.7 Å². The van der Waals surface area contributed by atoms with Crippen molar-refractivity contribution < 1.29 is 69.1 Å². The predicted octanol–water partition coefficient (Wildman–Crippen LogP) is -1.07. The third-order valence-corrected chi connectivity index (χ3v) is 6.40. The second-order valence-corrected chi connectivity index (χ2v) is 9.75. The number of aromatic hydroxyl groups is 1. The molecule has 7 N–H and O–H groups in total. The van der Waals surface area contributed by atoms with E-state index in [0.717, 1.165) is 6.92 Å². The molecule has 0 aliphatic carbocycles. The highest BCUT2D eigenvalue weighted by Gasteiger charge is 2.51. The monoisotopic (exact) mass is 556 g/mol. The van der Waals surface area contributed by atoms with Gasteiger partial charge in [0, 0.05) is 0 Å². The number of phenols is 1. The molecule has 39 heavy (non-hydrogen) atoms. The Bertz CT molecular complexity index is 1110. The third-order valence-electron chi connectivity index (χ3n) is 6.40. The molecule has 1 aromatic carbocycles. The van der Waals surface area contributed by atoms with E-state index in [1.165, 1.54) is 19.1 Å². The summed E-state index contributed by atoms with van der Waals surface area (Å²) in [4.78, 5) is 35.4. The van der Waals surface area contributed by atoms with Crippen LogP contribution in [0.5, 0.6) is 11.5 Å². The van der Waals surface area contributed by atoms with Gasteiger partial charge in [-0.3, -0.25) is 14.4 Å². The summed E-state index contributed by atoms with van der Waals surface area (Å²) >= 11 is 0. The molecule has 0 radical (unpaired) electrons. The second kappa shape index (κ2) is 12.0. The lowest BCUT2D eigenvalue weighted by atomic mass is 9.95. The van der Waals surface area contributed by atoms with Gasteiger partial charge in [0.1, 0.15) is 35.9 Å². The number of aliphatic hydroxyl groups excluding tert-OH is 4. The Labute approximate surface area is 222 Å². The van der Waals surface area contributed by atoms with Crippen LogP contribution >= 0.6 is 0 Å². The van der Waals surface area contributed by atoms with Crippen LogP contribution in [0.1, 0.15) is 48.7 Å². The number of aliphatic hydroxyl groups is 5. The maximum atomic E-state index is 12.5. The van der Waals surface area contributed by atoms with Gasteiger partial charge in [-0.15, -0.1) is 0 Å². The molecule has 1 aromatic rings. The first-order valence-corrected chi connectivity index (χ1v) is 11.9. The summed E-state index contributed by atoms with van der Waals surface area (Å²) < 4.78 is 22.3. The number of ketones is 1. The lowest BCUT2D eigenvalue weighted by Gasteiger charge is -2.42. The molecule has 2 aliphatic heterocycles. The van der Waals surface area contributed by atoms with Crippen LogP contribution < -0.4 is 4.74 Å². The molecule has 0 saturated carbocycles. The number of phenolic OH excluding ortho intramolecular Hbond substituents is 1. The Balaban J connectivity index is 1.90. The maximum Gasteiger partial charge on any atom is 0.309 e. The number of carboxylic acid groups (broad SMARTS) is 1. The van der Waals surface area contributed by atoms with E-state index < -0.39 is 98.0 Å². The van der Waals surface area contributed by atoms with Crippen molar-refractivity contribution in [2.45, 2.75) is 75.2 Å². The van der Waals surface area contributed by atoms with Crippen molar-refractivity contribution in [2.75, 3.05) is 13.2 Å². The summed E-state index contributed by atoms with van der Waals surface area (Å²) in [5, 5.41) is 70.8. The molecule has 0 aromatic heterocycles. The first kappa shape index (κ1) is 30.4. The normalized spacial score (nSPS) is 29.6. The summed E-state index contributed by atoms with van der Waals surface area (Å²) in [6, 6.07) is 2.73. The molecule has 0 amide bonds. The number of fused-ring (bicyclic) bond motifs is 1. The number of esters is 1. The molecule has 0 spiro atoms. The van der Waals surface area contributed by atoms with E-state index in [2.05, 4.69) is 6.58 Å². The zero-order valence-electron chi connectivity index (χ0n) is 21.2. The molecular formula is C25H32O14. The minimum atomic E-state index is -2.00. The van der Waals surface area contributed by atoms with Crippen LogP contribution in [0.3, 0.4) is 0 Å². The fraction of sp³-hybridized carbons (Fsp3) is 0.560. The van der Waals surface area contributed by atoms with Gasteiger partial charge in [-0.1, -0.05) is 6.58 Å². The zero-order valence-corrected chi connectivity index (χ0v) is 21.2. The van der Waals surface area contributed by atoms with Gasteiger partial charge in [0.2, 0.25) is 0 Å². The fourth-order valence-electron chi connectivity index (χ4n) is 4.47. The number of benzene rings is 1. The fourth-order valence-corrected chi connectivity index (χ4v) is 4.47. The highest BCUT2D eigenvalue weighted by molar-refractivity contribution is 5.97. The summed E-state index contributed by atoms with van der Waals surface area (Å²) in [5.74, 6) is -3.39. The van der Waals surface area contributed by atoms with Gasteiger partial charge < -0.3 is 54.7 Å². The molecule has 1 fully saturated rings. The van der Waals surface area contributed by atoms with Crippen LogP contribution in [0, 0.1) is 0 Å². The number of aliphatic carboxylic acids is 1. The minimum absolute atomic E-state index is 0.0111. The first-order chi connectivity index (χ1) is 18.2. The first-order valence-electron chi connectivity index (χ1n) is 11.9.